The van der Waals surface area contributed by atoms with Crippen LogP contribution < -0.4 is 0 Å². The standard InChI is InChI=1S/C12H18FNO2S2/c1-3-16-11(15)9(2)10(7-13)12(8-14)17-5-4-6-18-12/h9-10H,3-7H2,1-2H3. The lowest BCUT2D eigenvalue weighted by atomic mass is 9.91. The number of esters is 1. The van der Waals surface area contributed by atoms with Crippen LogP contribution in [0.1, 0.15) is 20.3 Å². The van der Waals surface area contributed by atoms with Gasteiger partial charge in [-0.1, -0.05) is 6.92 Å². The number of nitriles is 1. The molecule has 0 N–H and O–H groups in total. The van der Waals surface area contributed by atoms with E-state index in [1.165, 1.54) is 23.5 Å². The predicted molar refractivity (Wildman–Crippen MR) is 73.1 cm³/mol. The van der Waals surface area contributed by atoms with Gasteiger partial charge in [0.2, 0.25) is 0 Å². The van der Waals surface area contributed by atoms with Crippen molar-refractivity contribution in [2.45, 2.75) is 24.3 Å². The molecule has 1 aliphatic rings. The summed E-state index contributed by atoms with van der Waals surface area (Å²) in [5.74, 6) is 0.0604. The number of rotatable bonds is 5. The Morgan fingerprint density at radius 3 is 2.61 bits per heavy atom. The molecule has 0 saturated carbocycles. The molecule has 3 nitrogen and oxygen atoms in total. The summed E-state index contributed by atoms with van der Waals surface area (Å²) in [6.07, 6.45) is 1.02. The Hall–Kier alpha value is -0.410. The van der Waals surface area contributed by atoms with Crippen LogP contribution in [0.15, 0.2) is 0 Å². The lowest BCUT2D eigenvalue weighted by molar-refractivity contribution is -0.149. The van der Waals surface area contributed by atoms with Crippen molar-refractivity contribution >= 4 is 29.5 Å². The highest BCUT2D eigenvalue weighted by molar-refractivity contribution is 8.19. The van der Waals surface area contributed by atoms with E-state index in [1.807, 2.05) is 0 Å². The normalized spacial score (nSPS) is 21.7. The molecule has 0 radical (unpaired) electrons. The molecule has 102 valence electrons. The van der Waals surface area contributed by atoms with Crippen LogP contribution in [0.3, 0.4) is 0 Å². The van der Waals surface area contributed by atoms with Gasteiger partial charge in [-0.3, -0.25) is 9.18 Å². The number of carbonyl (C=O) groups is 1. The minimum Gasteiger partial charge on any atom is -0.466 e. The van der Waals surface area contributed by atoms with Crippen molar-refractivity contribution in [1.29, 1.82) is 5.26 Å². The molecular formula is C12H18FNO2S2. The molecule has 0 aliphatic carbocycles. The number of carbonyl (C=O) groups excluding carboxylic acids is 1. The predicted octanol–water partition coefficient (Wildman–Crippen LogP) is 2.86. The van der Waals surface area contributed by atoms with Gasteiger partial charge in [0.15, 0.2) is 4.08 Å². The average molecular weight is 291 g/mol. The van der Waals surface area contributed by atoms with Crippen molar-refractivity contribution in [2.75, 3.05) is 24.8 Å². The summed E-state index contributed by atoms with van der Waals surface area (Å²) in [4.78, 5) is 11.7. The summed E-state index contributed by atoms with van der Waals surface area (Å²) < 4.78 is 17.4. The second-order valence-electron chi connectivity index (χ2n) is 4.13. The van der Waals surface area contributed by atoms with E-state index in [2.05, 4.69) is 6.07 Å². The first-order valence-electron chi connectivity index (χ1n) is 6.03. The molecule has 0 bridgehead atoms. The number of halogens is 1. The van der Waals surface area contributed by atoms with Crippen LogP contribution in [0.5, 0.6) is 0 Å². The molecule has 0 aromatic heterocycles. The van der Waals surface area contributed by atoms with Gasteiger partial charge < -0.3 is 4.74 Å². The maximum absolute atomic E-state index is 13.3. The molecule has 6 heteroatoms. The molecular weight excluding hydrogens is 273 g/mol. The summed E-state index contributed by atoms with van der Waals surface area (Å²) in [6.45, 7) is 2.98. The average Bonchev–Trinajstić information content (AvgIpc) is 2.40. The van der Waals surface area contributed by atoms with Gasteiger partial charge >= 0.3 is 5.97 Å². The Morgan fingerprint density at radius 1 is 1.56 bits per heavy atom. The van der Waals surface area contributed by atoms with Gasteiger partial charge in [-0.25, -0.2) is 0 Å². The molecule has 1 fully saturated rings. The van der Waals surface area contributed by atoms with Crippen molar-refractivity contribution in [3.8, 4) is 6.07 Å². The monoisotopic (exact) mass is 291 g/mol. The second kappa shape index (κ2) is 7.25. The molecule has 1 heterocycles. The van der Waals surface area contributed by atoms with Crippen LogP contribution in [0.25, 0.3) is 0 Å². The zero-order chi connectivity index (χ0) is 13.6. The summed E-state index contributed by atoms with van der Waals surface area (Å²) in [6, 6.07) is 2.22. The van der Waals surface area contributed by atoms with Gasteiger partial charge in [-0.2, -0.15) is 5.26 Å². The first kappa shape index (κ1) is 15.6. The van der Waals surface area contributed by atoms with E-state index in [-0.39, 0.29) is 6.61 Å². The number of ether oxygens (including phenoxy) is 1. The first-order valence-corrected chi connectivity index (χ1v) is 8.00. The lowest BCUT2D eigenvalue weighted by Crippen LogP contribution is -2.41. The van der Waals surface area contributed by atoms with Crippen LogP contribution in [0.2, 0.25) is 0 Å². The summed E-state index contributed by atoms with van der Waals surface area (Å²) in [7, 11) is 0. The van der Waals surface area contributed by atoms with Crippen molar-refractivity contribution in [3.05, 3.63) is 0 Å². The highest BCUT2D eigenvalue weighted by Gasteiger charge is 2.47. The maximum atomic E-state index is 13.3. The molecule has 0 aromatic rings. The Morgan fingerprint density at radius 2 is 2.17 bits per heavy atom. The highest BCUT2D eigenvalue weighted by atomic mass is 32.2. The highest BCUT2D eigenvalue weighted by Crippen LogP contribution is 2.49. The number of hydrogen-bond donors (Lipinski definition) is 0. The first-order chi connectivity index (χ1) is 8.61. The molecule has 0 aromatic carbocycles. The van der Waals surface area contributed by atoms with E-state index in [1.54, 1.807) is 13.8 Å². The van der Waals surface area contributed by atoms with E-state index >= 15 is 0 Å². The third-order valence-electron chi connectivity index (χ3n) is 2.99. The van der Waals surface area contributed by atoms with Crippen LogP contribution in [-0.4, -0.2) is 34.8 Å². The third-order valence-corrected chi connectivity index (χ3v) is 6.33. The van der Waals surface area contributed by atoms with Crippen molar-refractivity contribution in [2.24, 2.45) is 11.8 Å². The van der Waals surface area contributed by atoms with Crippen LogP contribution in [0, 0.1) is 23.2 Å². The Bertz CT molecular complexity index is 327. The second-order valence-corrected chi connectivity index (χ2v) is 7.07. The van der Waals surface area contributed by atoms with Gasteiger partial charge in [0.05, 0.1) is 25.3 Å². The molecule has 2 unspecified atom stereocenters. The molecule has 0 amide bonds. The minimum atomic E-state index is -0.848. The smallest absolute Gasteiger partial charge is 0.309 e. The summed E-state index contributed by atoms with van der Waals surface area (Å²) in [5, 5.41) is 9.39. The maximum Gasteiger partial charge on any atom is 0.309 e. The van der Waals surface area contributed by atoms with E-state index in [0.29, 0.717) is 0 Å². The molecule has 1 saturated heterocycles. The fourth-order valence-corrected chi connectivity index (χ4v) is 5.20. The number of alkyl halides is 1. The van der Waals surface area contributed by atoms with Gasteiger partial charge in [-0.15, -0.1) is 23.5 Å². The summed E-state index contributed by atoms with van der Waals surface area (Å²) in [5.41, 5.74) is 0. The fourth-order valence-electron chi connectivity index (χ4n) is 1.91. The van der Waals surface area contributed by atoms with Gasteiger partial charge in [0, 0.05) is 5.92 Å². The van der Waals surface area contributed by atoms with Crippen molar-refractivity contribution < 1.29 is 13.9 Å². The molecule has 1 rings (SSSR count). The minimum absolute atomic E-state index is 0.280. The zero-order valence-electron chi connectivity index (χ0n) is 10.6. The van der Waals surface area contributed by atoms with Gasteiger partial charge in [-0.05, 0) is 24.9 Å². The number of hydrogen-bond acceptors (Lipinski definition) is 5. The topological polar surface area (TPSA) is 50.1 Å². The van der Waals surface area contributed by atoms with Gasteiger partial charge in [0.1, 0.15) is 0 Å². The van der Waals surface area contributed by atoms with Crippen molar-refractivity contribution in [1.82, 2.24) is 0 Å². The Kier molecular flexibility index (Phi) is 6.30. The van der Waals surface area contributed by atoms with Gasteiger partial charge in [0.25, 0.3) is 0 Å². The largest absolute Gasteiger partial charge is 0.466 e. The SMILES string of the molecule is CCOC(=O)C(C)C(CF)C1(C#N)SCCCS1. The van der Waals surface area contributed by atoms with E-state index in [4.69, 9.17) is 4.74 Å². The Balaban J connectivity index is 2.86. The van der Waals surface area contributed by atoms with Crippen LogP contribution >= 0.6 is 23.5 Å². The van der Waals surface area contributed by atoms with Crippen molar-refractivity contribution in [3.63, 3.8) is 0 Å². The van der Waals surface area contributed by atoms with E-state index < -0.39 is 28.6 Å². The molecule has 2 atom stereocenters. The number of thioether (sulfide) groups is 2. The van der Waals surface area contributed by atoms with E-state index in [0.717, 1.165) is 17.9 Å². The molecule has 0 spiro atoms. The number of nitrogens with zero attached hydrogens (tertiary/aromatic N) is 1. The quantitative estimate of drug-likeness (QED) is 0.729. The third kappa shape index (κ3) is 3.33. The van der Waals surface area contributed by atoms with Crippen LogP contribution in [0.4, 0.5) is 4.39 Å². The summed E-state index contributed by atoms with van der Waals surface area (Å²) >= 11 is 2.92. The molecule has 1 aliphatic heterocycles. The van der Waals surface area contributed by atoms with Crippen LogP contribution in [-0.2, 0) is 9.53 Å². The van der Waals surface area contributed by atoms with E-state index in [9.17, 15) is 14.4 Å². The lowest BCUT2D eigenvalue weighted by Gasteiger charge is -2.37. The Labute approximate surface area is 116 Å². The zero-order valence-corrected chi connectivity index (χ0v) is 12.3. The molecule has 18 heavy (non-hydrogen) atoms. The fraction of sp³-hybridized carbons (Fsp3) is 0.833.